The van der Waals surface area contributed by atoms with Gasteiger partial charge in [-0.1, -0.05) is 0 Å². The number of halogens is 3. The number of piperazine rings is 1. The molecular formula is C16H23F3N2O4. The summed E-state index contributed by atoms with van der Waals surface area (Å²) in [4.78, 5) is 11.3. The van der Waals surface area contributed by atoms with Gasteiger partial charge < -0.3 is 24.8 Å². The fourth-order valence-electron chi connectivity index (χ4n) is 2.16. The normalized spacial score (nSPS) is 17.5. The number of rotatable bonds is 5. The second-order valence-electron chi connectivity index (χ2n) is 5.44. The van der Waals surface area contributed by atoms with E-state index in [1.807, 2.05) is 12.1 Å². The monoisotopic (exact) mass is 364 g/mol. The Bertz CT molecular complexity index is 523. The largest absolute Gasteiger partial charge is 0.491 e. The molecule has 1 aliphatic rings. The zero-order valence-corrected chi connectivity index (χ0v) is 14.2. The molecule has 1 fully saturated rings. The maximum Gasteiger partial charge on any atom is 0.490 e. The van der Waals surface area contributed by atoms with Crippen molar-refractivity contribution in [1.29, 1.82) is 0 Å². The van der Waals surface area contributed by atoms with Crippen LogP contribution in [-0.2, 0) is 9.53 Å². The Morgan fingerprint density at radius 2 is 1.92 bits per heavy atom. The number of anilines is 1. The zero-order valence-electron chi connectivity index (χ0n) is 14.2. The summed E-state index contributed by atoms with van der Waals surface area (Å²) in [6.45, 7) is 6.61. The smallest absolute Gasteiger partial charge is 0.490 e. The maximum atomic E-state index is 10.6. The highest BCUT2D eigenvalue weighted by molar-refractivity contribution is 5.73. The number of hydrogen-bond donors (Lipinski definition) is 2. The molecule has 1 aliphatic heterocycles. The summed E-state index contributed by atoms with van der Waals surface area (Å²) < 4.78 is 42.2. The average molecular weight is 364 g/mol. The number of aliphatic carboxylic acids is 1. The zero-order chi connectivity index (χ0) is 18.9. The molecular weight excluding hydrogens is 341 g/mol. The van der Waals surface area contributed by atoms with E-state index in [-0.39, 0.29) is 0 Å². The van der Waals surface area contributed by atoms with Gasteiger partial charge in [0.1, 0.15) is 12.4 Å². The highest BCUT2D eigenvalue weighted by Gasteiger charge is 2.38. The summed E-state index contributed by atoms with van der Waals surface area (Å²) in [5, 5.41) is 10.6. The minimum atomic E-state index is -5.08. The third-order valence-corrected chi connectivity index (χ3v) is 3.37. The predicted molar refractivity (Wildman–Crippen MR) is 87.2 cm³/mol. The molecule has 6 nitrogen and oxygen atoms in total. The molecule has 1 saturated heterocycles. The number of carbonyl (C=O) groups is 1. The molecule has 1 heterocycles. The van der Waals surface area contributed by atoms with Crippen LogP contribution in [0.25, 0.3) is 0 Å². The molecule has 0 aliphatic carbocycles. The van der Waals surface area contributed by atoms with Gasteiger partial charge in [0.15, 0.2) is 0 Å². The van der Waals surface area contributed by atoms with E-state index in [1.165, 1.54) is 5.69 Å². The third kappa shape index (κ3) is 8.08. The highest BCUT2D eigenvalue weighted by Crippen LogP contribution is 2.20. The molecule has 2 N–H and O–H groups in total. The van der Waals surface area contributed by atoms with Gasteiger partial charge in [0.2, 0.25) is 0 Å². The van der Waals surface area contributed by atoms with Crippen LogP contribution >= 0.6 is 0 Å². The van der Waals surface area contributed by atoms with Crippen LogP contribution in [0.2, 0.25) is 0 Å². The van der Waals surface area contributed by atoms with Crippen LogP contribution in [0.15, 0.2) is 24.3 Å². The summed E-state index contributed by atoms with van der Waals surface area (Å²) in [5.74, 6) is -1.86. The van der Waals surface area contributed by atoms with Gasteiger partial charge in [-0.2, -0.15) is 13.2 Å². The fraction of sp³-hybridized carbons (Fsp3) is 0.562. The molecule has 0 amide bonds. The number of benzene rings is 1. The van der Waals surface area contributed by atoms with Crippen molar-refractivity contribution in [3.8, 4) is 5.75 Å². The summed E-state index contributed by atoms with van der Waals surface area (Å²) >= 11 is 0. The molecule has 9 heteroatoms. The third-order valence-electron chi connectivity index (χ3n) is 3.37. The van der Waals surface area contributed by atoms with E-state index in [0.717, 1.165) is 25.4 Å². The first-order valence-electron chi connectivity index (χ1n) is 7.74. The Morgan fingerprint density at radius 1 is 1.32 bits per heavy atom. The lowest BCUT2D eigenvalue weighted by Gasteiger charge is -2.33. The first-order valence-corrected chi connectivity index (χ1v) is 7.74. The van der Waals surface area contributed by atoms with Crippen molar-refractivity contribution < 1.29 is 32.5 Å². The maximum absolute atomic E-state index is 10.6. The van der Waals surface area contributed by atoms with Crippen molar-refractivity contribution in [3.05, 3.63) is 24.3 Å². The number of nitrogens with zero attached hydrogens (tertiary/aromatic N) is 1. The van der Waals surface area contributed by atoms with E-state index in [2.05, 4.69) is 29.3 Å². The molecule has 1 aromatic carbocycles. The number of methoxy groups -OCH3 is 1. The number of hydrogen-bond acceptors (Lipinski definition) is 5. The van der Waals surface area contributed by atoms with E-state index in [0.29, 0.717) is 19.3 Å². The predicted octanol–water partition coefficient (Wildman–Crippen LogP) is 2.14. The Balaban J connectivity index is 0.000000381. The van der Waals surface area contributed by atoms with Gasteiger partial charge in [-0.05, 0) is 31.2 Å². The van der Waals surface area contributed by atoms with E-state index in [4.69, 9.17) is 19.4 Å². The van der Waals surface area contributed by atoms with E-state index in [9.17, 15) is 13.2 Å². The summed E-state index contributed by atoms with van der Waals surface area (Å²) in [5.41, 5.74) is 1.27. The van der Waals surface area contributed by atoms with Gasteiger partial charge in [-0.15, -0.1) is 0 Å². The number of ether oxygens (including phenoxy) is 2. The molecule has 142 valence electrons. The van der Waals surface area contributed by atoms with Crippen LogP contribution in [0.1, 0.15) is 6.92 Å². The van der Waals surface area contributed by atoms with Crippen molar-refractivity contribution in [1.82, 2.24) is 5.32 Å². The van der Waals surface area contributed by atoms with Crippen LogP contribution in [0, 0.1) is 0 Å². The van der Waals surface area contributed by atoms with Crippen LogP contribution in [0.5, 0.6) is 5.75 Å². The lowest BCUT2D eigenvalue weighted by atomic mass is 10.2. The van der Waals surface area contributed by atoms with E-state index < -0.39 is 12.1 Å². The van der Waals surface area contributed by atoms with Gasteiger partial charge >= 0.3 is 12.1 Å². The van der Waals surface area contributed by atoms with Crippen LogP contribution < -0.4 is 15.0 Å². The van der Waals surface area contributed by atoms with Crippen molar-refractivity contribution in [2.24, 2.45) is 0 Å². The second-order valence-corrected chi connectivity index (χ2v) is 5.44. The molecule has 25 heavy (non-hydrogen) atoms. The number of alkyl halides is 3. The van der Waals surface area contributed by atoms with Gasteiger partial charge in [0.05, 0.1) is 6.61 Å². The molecule has 0 radical (unpaired) electrons. The minimum Gasteiger partial charge on any atom is -0.491 e. The van der Waals surface area contributed by atoms with Crippen LogP contribution in [0.4, 0.5) is 18.9 Å². The second kappa shape index (κ2) is 10.1. The van der Waals surface area contributed by atoms with E-state index >= 15 is 0 Å². The van der Waals surface area contributed by atoms with Gasteiger partial charge in [0.25, 0.3) is 0 Å². The number of carboxylic acid groups (broad SMARTS) is 1. The van der Waals surface area contributed by atoms with Gasteiger partial charge in [-0.3, -0.25) is 0 Å². The van der Waals surface area contributed by atoms with Crippen molar-refractivity contribution in [3.63, 3.8) is 0 Å². The van der Waals surface area contributed by atoms with Crippen molar-refractivity contribution in [2.45, 2.75) is 19.1 Å². The molecule has 0 aromatic heterocycles. The Labute approximate surface area is 144 Å². The van der Waals surface area contributed by atoms with Crippen molar-refractivity contribution in [2.75, 3.05) is 44.9 Å². The molecule has 1 atom stereocenters. The first kappa shape index (κ1) is 21.0. The molecule has 0 spiro atoms. The minimum absolute atomic E-state index is 0.552. The first-order chi connectivity index (χ1) is 11.7. The fourth-order valence-corrected chi connectivity index (χ4v) is 2.16. The number of nitrogens with one attached hydrogen (secondary N) is 1. The summed E-state index contributed by atoms with van der Waals surface area (Å²) in [6, 6.07) is 8.85. The van der Waals surface area contributed by atoms with Crippen LogP contribution in [-0.4, -0.2) is 63.3 Å². The Kier molecular flexibility index (Phi) is 8.50. The highest BCUT2D eigenvalue weighted by atomic mass is 19.4. The topological polar surface area (TPSA) is 71.0 Å². The Hall–Kier alpha value is -2.00. The molecule has 0 bridgehead atoms. The average Bonchev–Trinajstić information content (AvgIpc) is 2.55. The lowest BCUT2D eigenvalue weighted by molar-refractivity contribution is -0.192. The number of carboxylic acids is 1. The molecule has 2 rings (SSSR count). The van der Waals surface area contributed by atoms with Gasteiger partial charge in [-0.25, -0.2) is 4.79 Å². The summed E-state index contributed by atoms with van der Waals surface area (Å²) in [7, 11) is 1.68. The van der Waals surface area contributed by atoms with Crippen molar-refractivity contribution >= 4 is 11.7 Å². The van der Waals surface area contributed by atoms with Gasteiger partial charge in [0, 0.05) is 38.5 Å². The molecule has 0 unspecified atom stereocenters. The molecule has 0 saturated carbocycles. The summed E-state index contributed by atoms with van der Waals surface area (Å²) in [6.07, 6.45) is -5.08. The quantitative estimate of drug-likeness (QED) is 0.780. The van der Waals surface area contributed by atoms with E-state index in [1.54, 1.807) is 7.11 Å². The SMILES string of the molecule is COCCOc1ccc(N2CCN[C@@H](C)C2)cc1.O=C(O)C(F)(F)F. The standard InChI is InChI=1S/C14H22N2O2.C2HF3O2/c1-12-11-16(8-7-15-12)13-3-5-14(6-4-13)18-10-9-17-2;3-2(4,5)1(6)7/h3-6,12,15H,7-11H2,1-2H3;(H,6,7)/t12-;/m0./s1. The van der Waals surface area contributed by atoms with Crippen LogP contribution in [0.3, 0.4) is 0 Å². The Morgan fingerprint density at radius 3 is 2.40 bits per heavy atom. The lowest BCUT2D eigenvalue weighted by Crippen LogP contribution is -2.49. The molecule has 1 aromatic rings.